The Balaban J connectivity index is 1.84. The molecule has 6 nitrogen and oxygen atoms in total. The first kappa shape index (κ1) is 17.6. The van der Waals surface area contributed by atoms with E-state index in [1.807, 2.05) is 0 Å². The Morgan fingerprint density at radius 3 is 2.26 bits per heavy atom. The summed E-state index contributed by atoms with van der Waals surface area (Å²) < 4.78 is 36.6. The second kappa shape index (κ2) is 5.85. The highest BCUT2D eigenvalue weighted by atomic mass is 32.2. The standard InChI is InChI=1S/C20H19NO5S/c1-20(2,3)12-4-6-13(7-5-12)27(23,24)18-10-21-15-9-17-16(25-11-26-17)8-14(15)19(18)22/h4-10H,11H2,1-3H3,(H,21,22). The minimum Gasteiger partial charge on any atom is -0.454 e. The second-order valence-corrected chi connectivity index (χ2v) is 9.43. The summed E-state index contributed by atoms with van der Waals surface area (Å²) in [4.78, 5) is 15.6. The number of sulfone groups is 1. The highest BCUT2D eigenvalue weighted by Gasteiger charge is 2.25. The molecule has 0 amide bonds. The van der Waals surface area contributed by atoms with Crippen LogP contribution in [0.15, 0.2) is 57.2 Å². The predicted octanol–water partition coefficient (Wildman–Crippen LogP) is 3.39. The Labute approximate surface area is 156 Å². The Hall–Kier alpha value is -2.80. The molecule has 1 aliphatic heterocycles. The van der Waals surface area contributed by atoms with Crippen molar-refractivity contribution in [1.29, 1.82) is 0 Å². The number of ether oxygens (including phenoxy) is 2. The van der Waals surface area contributed by atoms with E-state index in [2.05, 4.69) is 25.8 Å². The lowest BCUT2D eigenvalue weighted by atomic mass is 9.87. The zero-order chi connectivity index (χ0) is 19.4. The minimum atomic E-state index is -3.95. The summed E-state index contributed by atoms with van der Waals surface area (Å²) in [7, 11) is -3.95. The van der Waals surface area contributed by atoms with Crippen molar-refractivity contribution in [2.75, 3.05) is 6.79 Å². The fourth-order valence-corrected chi connectivity index (χ4v) is 4.37. The van der Waals surface area contributed by atoms with Crippen molar-refractivity contribution >= 4 is 20.7 Å². The summed E-state index contributed by atoms with van der Waals surface area (Å²) in [6, 6.07) is 9.78. The molecule has 0 bridgehead atoms. The Morgan fingerprint density at radius 1 is 1.00 bits per heavy atom. The fraction of sp³-hybridized carbons (Fsp3) is 0.250. The van der Waals surface area contributed by atoms with E-state index in [-0.39, 0.29) is 27.4 Å². The third kappa shape index (κ3) is 2.88. The van der Waals surface area contributed by atoms with Crippen molar-refractivity contribution in [2.45, 2.75) is 36.0 Å². The number of pyridine rings is 1. The predicted molar refractivity (Wildman–Crippen MR) is 101 cm³/mol. The smallest absolute Gasteiger partial charge is 0.231 e. The number of aromatic amines is 1. The van der Waals surface area contributed by atoms with Crippen LogP contribution in [0.25, 0.3) is 10.9 Å². The van der Waals surface area contributed by atoms with Crippen LogP contribution in [0, 0.1) is 0 Å². The lowest BCUT2D eigenvalue weighted by Crippen LogP contribution is -2.17. The molecule has 27 heavy (non-hydrogen) atoms. The zero-order valence-electron chi connectivity index (χ0n) is 15.2. The van der Waals surface area contributed by atoms with Crippen LogP contribution < -0.4 is 14.9 Å². The summed E-state index contributed by atoms with van der Waals surface area (Å²) in [5.74, 6) is 0.948. The Morgan fingerprint density at radius 2 is 1.63 bits per heavy atom. The maximum Gasteiger partial charge on any atom is 0.231 e. The molecule has 2 aromatic carbocycles. The van der Waals surface area contributed by atoms with Crippen molar-refractivity contribution in [3.63, 3.8) is 0 Å². The van der Waals surface area contributed by atoms with Gasteiger partial charge in [-0.05, 0) is 29.2 Å². The molecule has 0 spiro atoms. The van der Waals surface area contributed by atoms with Gasteiger partial charge in [0.05, 0.1) is 15.8 Å². The molecule has 1 aromatic heterocycles. The van der Waals surface area contributed by atoms with E-state index in [1.165, 1.54) is 12.3 Å². The van der Waals surface area contributed by atoms with Crippen LogP contribution in [-0.4, -0.2) is 20.2 Å². The maximum atomic E-state index is 13.0. The van der Waals surface area contributed by atoms with Crippen LogP contribution in [0.1, 0.15) is 26.3 Å². The fourth-order valence-electron chi connectivity index (χ4n) is 3.05. The van der Waals surface area contributed by atoms with Gasteiger partial charge in [0.1, 0.15) is 4.90 Å². The first-order valence-corrected chi connectivity index (χ1v) is 9.97. The number of nitrogens with one attached hydrogen (secondary N) is 1. The van der Waals surface area contributed by atoms with Crippen LogP contribution in [0.2, 0.25) is 0 Å². The summed E-state index contributed by atoms with van der Waals surface area (Å²) in [6.07, 6.45) is 1.24. The summed E-state index contributed by atoms with van der Waals surface area (Å²) in [5.41, 5.74) is 0.848. The number of rotatable bonds is 2. The third-order valence-electron chi connectivity index (χ3n) is 4.66. The van der Waals surface area contributed by atoms with Gasteiger partial charge in [0.25, 0.3) is 0 Å². The van der Waals surface area contributed by atoms with Crippen LogP contribution in [0.5, 0.6) is 11.5 Å². The average Bonchev–Trinajstić information content (AvgIpc) is 3.07. The lowest BCUT2D eigenvalue weighted by molar-refractivity contribution is 0.174. The number of hydrogen-bond donors (Lipinski definition) is 1. The molecule has 0 saturated heterocycles. The Kier molecular flexibility index (Phi) is 3.82. The van der Waals surface area contributed by atoms with E-state index in [1.54, 1.807) is 30.3 Å². The van der Waals surface area contributed by atoms with Gasteiger partial charge in [0.2, 0.25) is 22.1 Å². The second-order valence-electron chi connectivity index (χ2n) is 7.51. The maximum absolute atomic E-state index is 13.0. The van der Waals surface area contributed by atoms with Crippen LogP contribution in [0.4, 0.5) is 0 Å². The SMILES string of the molecule is CC(C)(C)c1ccc(S(=O)(=O)c2c[nH]c3cc4c(cc3c2=O)OCO4)cc1. The van der Waals surface area contributed by atoms with E-state index in [4.69, 9.17) is 9.47 Å². The summed E-state index contributed by atoms with van der Waals surface area (Å²) in [6.45, 7) is 6.23. The van der Waals surface area contributed by atoms with Crippen LogP contribution >= 0.6 is 0 Å². The largest absolute Gasteiger partial charge is 0.454 e. The van der Waals surface area contributed by atoms with E-state index in [0.29, 0.717) is 17.0 Å². The number of benzene rings is 2. The van der Waals surface area contributed by atoms with Crippen LogP contribution in [0.3, 0.4) is 0 Å². The average molecular weight is 385 g/mol. The molecule has 1 aliphatic rings. The molecule has 7 heteroatoms. The van der Waals surface area contributed by atoms with Crippen molar-refractivity contribution < 1.29 is 17.9 Å². The van der Waals surface area contributed by atoms with Gasteiger partial charge >= 0.3 is 0 Å². The van der Waals surface area contributed by atoms with Gasteiger partial charge in [0, 0.05) is 12.3 Å². The van der Waals surface area contributed by atoms with Crippen molar-refractivity contribution in [1.82, 2.24) is 4.98 Å². The van der Waals surface area contributed by atoms with E-state index in [0.717, 1.165) is 5.56 Å². The summed E-state index contributed by atoms with van der Waals surface area (Å²) in [5, 5.41) is 0.242. The summed E-state index contributed by atoms with van der Waals surface area (Å²) >= 11 is 0. The quantitative estimate of drug-likeness (QED) is 0.731. The zero-order valence-corrected chi connectivity index (χ0v) is 16.0. The van der Waals surface area contributed by atoms with Gasteiger partial charge in [-0.25, -0.2) is 8.42 Å². The van der Waals surface area contributed by atoms with Crippen molar-refractivity contribution in [3.8, 4) is 11.5 Å². The number of aromatic nitrogens is 1. The first-order valence-electron chi connectivity index (χ1n) is 8.48. The van der Waals surface area contributed by atoms with E-state index >= 15 is 0 Å². The number of hydrogen-bond acceptors (Lipinski definition) is 5. The Bertz CT molecular complexity index is 1200. The first-order chi connectivity index (χ1) is 12.7. The van der Waals surface area contributed by atoms with Gasteiger partial charge in [-0.2, -0.15) is 0 Å². The van der Waals surface area contributed by atoms with Crippen molar-refractivity contribution in [3.05, 3.63) is 58.4 Å². The van der Waals surface area contributed by atoms with Gasteiger partial charge in [-0.15, -0.1) is 0 Å². The monoisotopic (exact) mass is 385 g/mol. The normalized spacial score (nSPS) is 13.9. The molecule has 0 saturated carbocycles. The third-order valence-corrected chi connectivity index (χ3v) is 6.44. The number of H-pyrrole nitrogens is 1. The molecule has 0 atom stereocenters. The topological polar surface area (TPSA) is 85.5 Å². The molecule has 0 unspecified atom stereocenters. The molecule has 0 radical (unpaired) electrons. The highest BCUT2D eigenvalue weighted by molar-refractivity contribution is 7.91. The molecule has 0 aliphatic carbocycles. The molecule has 0 fully saturated rings. The molecule has 1 N–H and O–H groups in total. The van der Waals surface area contributed by atoms with Gasteiger partial charge < -0.3 is 14.5 Å². The molecule has 2 heterocycles. The minimum absolute atomic E-state index is 0.0745. The van der Waals surface area contributed by atoms with E-state index in [9.17, 15) is 13.2 Å². The van der Waals surface area contributed by atoms with E-state index < -0.39 is 15.3 Å². The molecule has 140 valence electrons. The number of fused-ring (bicyclic) bond motifs is 2. The highest BCUT2D eigenvalue weighted by Crippen LogP contribution is 2.35. The molecule has 4 rings (SSSR count). The van der Waals surface area contributed by atoms with Gasteiger partial charge in [-0.3, -0.25) is 4.79 Å². The molecular formula is C20H19NO5S. The van der Waals surface area contributed by atoms with Gasteiger partial charge in [-0.1, -0.05) is 32.9 Å². The van der Waals surface area contributed by atoms with Gasteiger partial charge in [0.15, 0.2) is 11.5 Å². The molecule has 3 aromatic rings. The van der Waals surface area contributed by atoms with Crippen LogP contribution in [-0.2, 0) is 15.3 Å². The van der Waals surface area contributed by atoms with Crippen molar-refractivity contribution in [2.24, 2.45) is 0 Å². The molecular weight excluding hydrogens is 366 g/mol. The lowest BCUT2D eigenvalue weighted by Gasteiger charge is -2.19.